The van der Waals surface area contributed by atoms with E-state index >= 15 is 0 Å². The number of hydrogen-bond donors (Lipinski definition) is 1. The summed E-state index contributed by atoms with van der Waals surface area (Å²) in [7, 11) is -7.53. The molecule has 0 unspecified atom stereocenters. The number of sulfone groups is 1. The number of sulfonamides is 1. The summed E-state index contributed by atoms with van der Waals surface area (Å²) in [4.78, 5) is 25.5. The molecule has 0 bridgehead atoms. The lowest BCUT2D eigenvalue weighted by atomic mass is 10.1. The number of hydrogen-bond acceptors (Lipinski definition) is 9. The van der Waals surface area contributed by atoms with E-state index in [4.69, 9.17) is 11.6 Å². The SMILES string of the molecule is Cc1ccccc1CS(=O)(=O)c1ncc(Cl)c(C(=O)Nc2nc(-c3ccc(S(=O)(=O)N4CCCCCC4)cc3)cs2)n1. The number of aromatic nitrogens is 3. The van der Waals surface area contributed by atoms with E-state index in [1.165, 1.54) is 0 Å². The van der Waals surface area contributed by atoms with E-state index in [2.05, 4.69) is 20.3 Å². The minimum atomic E-state index is -3.96. The molecule has 5 rings (SSSR count). The molecule has 0 atom stereocenters. The number of amides is 1. The van der Waals surface area contributed by atoms with Crippen LogP contribution in [0, 0.1) is 6.92 Å². The van der Waals surface area contributed by atoms with Gasteiger partial charge in [0.05, 0.1) is 27.6 Å². The van der Waals surface area contributed by atoms with Crippen molar-refractivity contribution in [2.75, 3.05) is 18.4 Å². The van der Waals surface area contributed by atoms with Gasteiger partial charge in [-0.3, -0.25) is 10.1 Å². The molecule has 1 aliphatic rings. The molecule has 0 aliphatic carbocycles. The largest absolute Gasteiger partial charge is 0.296 e. The van der Waals surface area contributed by atoms with E-state index in [0.717, 1.165) is 48.8 Å². The fraction of sp³-hybridized carbons (Fsp3) is 0.286. The highest BCUT2D eigenvalue weighted by Gasteiger charge is 2.26. The summed E-state index contributed by atoms with van der Waals surface area (Å²) in [6, 6.07) is 13.6. The number of carbonyl (C=O) groups excluding carboxylic acids is 1. The first-order chi connectivity index (χ1) is 20.0. The molecule has 3 heterocycles. The van der Waals surface area contributed by atoms with E-state index in [1.54, 1.807) is 46.1 Å². The molecule has 1 amide bonds. The Kier molecular flexibility index (Phi) is 9.04. The summed E-state index contributed by atoms with van der Waals surface area (Å²) in [5, 5.41) is 3.94. The first-order valence-corrected chi connectivity index (χ1v) is 17.6. The second kappa shape index (κ2) is 12.6. The van der Waals surface area contributed by atoms with Crippen LogP contribution in [0.5, 0.6) is 0 Å². The molecule has 220 valence electrons. The molecule has 0 spiro atoms. The van der Waals surface area contributed by atoms with Crippen LogP contribution in [-0.2, 0) is 25.6 Å². The number of aryl methyl sites for hydroxylation is 1. The summed E-state index contributed by atoms with van der Waals surface area (Å²) >= 11 is 7.31. The highest BCUT2D eigenvalue weighted by Crippen LogP contribution is 2.28. The van der Waals surface area contributed by atoms with Crippen molar-refractivity contribution in [1.29, 1.82) is 0 Å². The molecule has 1 fully saturated rings. The lowest BCUT2D eigenvalue weighted by Gasteiger charge is -2.19. The average Bonchev–Trinajstić information content (AvgIpc) is 3.24. The standard InChI is InChI=1S/C28H28ClN5O5S3/c1-19-8-4-5-9-21(19)18-41(36,37)28-30-16-23(29)25(32-28)26(35)33-27-31-24(17-40-27)20-10-12-22(13-11-20)42(38,39)34-14-6-2-3-7-15-34/h4-5,8-13,16-17H,2-3,6-7,14-15,18H2,1H3,(H,31,33,35). The minimum absolute atomic E-state index is 0.111. The van der Waals surface area contributed by atoms with Crippen LogP contribution in [0.1, 0.15) is 47.3 Å². The Morgan fingerprint density at radius 3 is 2.36 bits per heavy atom. The van der Waals surface area contributed by atoms with Crippen LogP contribution in [0.2, 0.25) is 5.02 Å². The van der Waals surface area contributed by atoms with Crippen molar-refractivity contribution >= 4 is 53.8 Å². The molecule has 42 heavy (non-hydrogen) atoms. The third-order valence-electron chi connectivity index (χ3n) is 6.90. The normalized spacial score (nSPS) is 14.8. The molecule has 0 saturated carbocycles. The van der Waals surface area contributed by atoms with Crippen LogP contribution in [0.3, 0.4) is 0 Å². The van der Waals surface area contributed by atoms with E-state index in [0.29, 0.717) is 29.9 Å². The van der Waals surface area contributed by atoms with Crippen LogP contribution in [-0.4, -0.2) is 55.1 Å². The predicted octanol–water partition coefficient (Wildman–Crippen LogP) is 5.35. The van der Waals surface area contributed by atoms with Crippen molar-refractivity contribution in [2.24, 2.45) is 0 Å². The lowest BCUT2D eigenvalue weighted by Crippen LogP contribution is -2.31. The Hall–Kier alpha value is -3.23. The van der Waals surface area contributed by atoms with Crippen molar-refractivity contribution in [3.05, 3.63) is 82.0 Å². The Bertz CT molecular complexity index is 1820. The van der Waals surface area contributed by atoms with Crippen LogP contribution in [0.4, 0.5) is 5.13 Å². The minimum Gasteiger partial charge on any atom is -0.296 e. The molecule has 14 heteroatoms. The molecule has 1 N–H and O–H groups in total. The highest BCUT2D eigenvalue weighted by molar-refractivity contribution is 7.90. The van der Waals surface area contributed by atoms with Gasteiger partial charge in [-0.15, -0.1) is 11.3 Å². The zero-order chi connectivity index (χ0) is 29.9. The fourth-order valence-corrected chi connectivity index (χ4v) is 8.26. The first-order valence-electron chi connectivity index (χ1n) is 13.2. The lowest BCUT2D eigenvalue weighted by molar-refractivity contribution is 0.102. The molecule has 2 aromatic carbocycles. The van der Waals surface area contributed by atoms with E-state index < -0.39 is 30.9 Å². The van der Waals surface area contributed by atoms with Crippen molar-refractivity contribution in [3.8, 4) is 11.3 Å². The Morgan fingerprint density at radius 2 is 1.67 bits per heavy atom. The number of nitrogens with one attached hydrogen (secondary N) is 1. The van der Waals surface area contributed by atoms with Crippen molar-refractivity contribution in [2.45, 2.75) is 48.4 Å². The fourth-order valence-electron chi connectivity index (χ4n) is 4.55. The van der Waals surface area contributed by atoms with Gasteiger partial charge >= 0.3 is 0 Å². The smallest absolute Gasteiger partial charge is 0.277 e. The summed E-state index contributed by atoms with van der Waals surface area (Å²) in [6.45, 7) is 2.85. The number of benzene rings is 2. The first kappa shape index (κ1) is 30.2. The maximum absolute atomic E-state index is 13.1. The maximum atomic E-state index is 13.1. The van der Waals surface area contributed by atoms with Crippen LogP contribution < -0.4 is 5.32 Å². The summed E-state index contributed by atoms with van der Waals surface area (Å²) in [5.41, 5.74) is 2.32. The summed E-state index contributed by atoms with van der Waals surface area (Å²) < 4.78 is 53.7. The topological polar surface area (TPSA) is 139 Å². The third-order valence-corrected chi connectivity index (χ3v) is 11.3. The Balaban J connectivity index is 1.30. The molecule has 1 aliphatic heterocycles. The quantitative estimate of drug-likeness (QED) is 0.253. The van der Waals surface area contributed by atoms with Crippen LogP contribution in [0.15, 0.2) is 70.2 Å². The number of carbonyl (C=O) groups is 1. The van der Waals surface area contributed by atoms with Gasteiger partial charge in [-0.25, -0.2) is 31.8 Å². The van der Waals surface area contributed by atoms with E-state index in [9.17, 15) is 21.6 Å². The zero-order valence-electron chi connectivity index (χ0n) is 22.7. The van der Waals surface area contributed by atoms with Crippen LogP contribution >= 0.6 is 22.9 Å². The summed E-state index contributed by atoms with van der Waals surface area (Å²) in [6.07, 6.45) is 4.87. The molecular weight excluding hydrogens is 618 g/mol. The Labute approximate surface area is 253 Å². The molecule has 10 nitrogen and oxygen atoms in total. The van der Waals surface area contributed by atoms with Gasteiger partial charge in [-0.05, 0) is 43.0 Å². The molecular formula is C28H28ClN5O5S3. The van der Waals surface area contributed by atoms with Gasteiger partial charge < -0.3 is 0 Å². The second-order valence-electron chi connectivity index (χ2n) is 9.87. The second-order valence-corrected chi connectivity index (χ2v) is 15.0. The molecule has 0 radical (unpaired) electrons. The molecule has 2 aromatic heterocycles. The zero-order valence-corrected chi connectivity index (χ0v) is 25.9. The van der Waals surface area contributed by atoms with Crippen molar-refractivity contribution < 1.29 is 21.6 Å². The number of halogens is 1. The van der Waals surface area contributed by atoms with Gasteiger partial charge in [0.25, 0.3) is 5.91 Å². The molecule has 1 saturated heterocycles. The number of nitrogens with zero attached hydrogens (tertiary/aromatic N) is 4. The van der Waals surface area contributed by atoms with Gasteiger partial charge in [-0.2, -0.15) is 4.31 Å². The van der Waals surface area contributed by atoms with Crippen molar-refractivity contribution in [1.82, 2.24) is 19.3 Å². The maximum Gasteiger partial charge on any atom is 0.277 e. The Morgan fingerprint density at radius 1 is 0.976 bits per heavy atom. The van der Waals surface area contributed by atoms with Gasteiger partial charge in [0, 0.05) is 24.0 Å². The van der Waals surface area contributed by atoms with Gasteiger partial charge in [0.15, 0.2) is 10.8 Å². The van der Waals surface area contributed by atoms with Gasteiger partial charge in [0.1, 0.15) is 0 Å². The summed E-state index contributed by atoms with van der Waals surface area (Å²) in [5.74, 6) is -1.06. The van der Waals surface area contributed by atoms with Gasteiger partial charge in [-0.1, -0.05) is 60.8 Å². The monoisotopic (exact) mass is 645 g/mol. The van der Waals surface area contributed by atoms with Crippen LogP contribution in [0.25, 0.3) is 11.3 Å². The van der Waals surface area contributed by atoms with E-state index in [1.807, 2.05) is 19.1 Å². The number of anilines is 1. The third kappa shape index (κ3) is 6.70. The van der Waals surface area contributed by atoms with Crippen molar-refractivity contribution in [3.63, 3.8) is 0 Å². The average molecular weight is 646 g/mol. The molecule has 4 aromatic rings. The van der Waals surface area contributed by atoms with E-state index in [-0.39, 0.29) is 26.5 Å². The highest BCUT2D eigenvalue weighted by atomic mass is 35.5. The number of rotatable bonds is 8. The number of thiazole rings is 1. The van der Waals surface area contributed by atoms with Gasteiger partial charge in [0.2, 0.25) is 25.0 Å². The predicted molar refractivity (Wildman–Crippen MR) is 162 cm³/mol.